The van der Waals surface area contributed by atoms with E-state index in [0.717, 1.165) is 34.0 Å². The summed E-state index contributed by atoms with van der Waals surface area (Å²) in [4.78, 5) is 4.33. The molecular formula is C22H31Cl2N3O. The van der Waals surface area contributed by atoms with Crippen molar-refractivity contribution in [2.75, 3.05) is 11.9 Å². The summed E-state index contributed by atoms with van der Waals surface area (Å²) in [6.45, 7) is 9.96. The zero-order valence-electron chi connectivity index (χ0n) is 17.1. The molecule has 0 radical (unpaired) electrons. The van der Waals surface area contributed by atoms with E-state index >= 15 is 0 Å². The first kappa shape index (κ1) is 24.3. The minimum Gasteiger partial charge on any atom is -0.513 e. The molecule has 6 heteroatoms. The van der Waals surface area contributed by atoms with Gasteiger partial charge in [-0.05, 0) is 48.2 Å². The van der Waals surface area contributed by atoms with Gasteiger partial charge in [-0.1, -0.05) is 56.1 Å². The number of nitrogens with zero attached hydrogens (tertiary/aromatic N) is 1. The van der Waals surface area contributed by atoms with Crippen LogP contribution in [0.15, 0.2) is 42.3 Å². The fourth-order valence-electron chi connectivity index (χ4n) is 2.50. The summed E-state index contributed by atoms with van der Waals surface area (Å²) >= 11 is 12.3. The van der Waals surface area contributed by atoms with E-state index in [2.05, 4.69) is 21.7 Å². The lowest BCUT2D eigenvalue weighted by Gasteiger charge is -2.11. The van der Waals surface area contributed by atoms with Crippen LogP contribution in [0.25, 0.3) is 0 Å². The molecule has 2 aromatic rings. The van der Waals surface area contributed by atoms with Crippen LogP contribution in [0.4, 0.5) is 5.82 Å². The maximum absolute atomic E-state index is 9.63. The maximum Gasteiger partial charge on any atom is 0.126 e. The van der Waals surface area contributed by atoms with Crippen LogP contribution < -0.4 is 10.6 Å². The Morgan fingerprint density at radius 1 is 1.14 bits per heavy atom. The van der Waals surface area contributed by atoms with Gasteiger partial charge in [0.05, 0.1) is 10.8 Å². The van der Waals surface area contributed by atoms with Crippen LogP contribution in [0.5, 0.6) is 0 Å². The fourth-order valence-corrected chi connectivity index (χ4v) is 2.79. The Hall–Kier alpha value is -1.75. The molecule has 0 bridgehead atoms. The molecule has 0 spiro atoms. The molecule has 2 rings (SSSR count). The molecule has 0 aliphatic rings. The largest absolute Gasteiger partial charge is 0.513 e. The van der Waals surface area contributed by atoms with Crippen LogP contribution in [0.1, 0.15) is 50.3 Å². The number of aryl methyl sites for hydroxylation is 1. The van der Waals surface area contributed by atoms with Gasteiger partial charge in [0.15, 0.2) is 0 Å². The van der Waals surface area contributed by atoms with Crippen molar-refractivity contribution in [3.8, 4) is 0 Å². The van der Waals surface area contributed by atoms with Crippen LogP contribution in [-0.2, 0) is 13.1 Å². The second-order valence-electron chi connectivity index (χ2n) is 6.13. The molecule has 0 saturated carbocycles. The smallest absolute Gasteiger partial charge is 0.126 e. The van der Waals surface area contributed by atoms with E-state index in [4.69, 9.17) is 23.2 Å². The van der Waals surface area contributed by atoms with E-state index in [1.807, 2.05) is 52.0 Å². The normalized spacial score (nSPS) is 11.0. The van der Waals surface area contributed by atoms with Crippen molar-refractivity contribution in [2.45, 2.75) is 53.6 Å². The Morgan fingerprint density at radius 2 is 1.89 bits per heavy atom. The van der Waals surface area contributed by atoms with E-state index < -0.39 is 0 Å². The number of rotatable bonds is 9. The number of anilines is 1. The number of aliphatic hydroxyl groups excluding tert-OH is 1. The van der Waals surface area contributed by atoms with Gasteiger partial charge >= 0.3 is 0 Å². The standard InChI is InChI=1S/C20H25Cl2N3O.C2H6/c1-3-4-17(26)7-8-23-12-16-10-20(25-13-19(16)22)24-11-15-5-6-18(21)14(2)9-15;1-2/h4-6,9-10,13,23,26H,3,7-8,11-12H2,1-2H3,(H,24,25);1-2H3/b17-4+;. The minimum absolute atomic E-state index is 0.418. The van der Waals surface area contributed by atoms with Gasteiger partial charge in [-0.3, -0.25) is 0 Å². The van der Waals surface area contributed by atoms with Crippen LogP contribution >= 0.6 is 23.2 Å². The number of hydrogen-bond donors (Lipinski definition) is 3. The molecule has 28 heavy (non-hydrogen) atoms. The zero-order valence-corrected chi connectivity index (χ0v) is 18.7. The van der Waals surface area contributed by atoms with Gasteiger partial charge in [-0.2, -0.15) is 0 Å². The third-order valence-corrected chi connectivity index (χ3v) is 4.71. The summed E-state index contributed by atoms with van der Waals surface area (Å²) in [5.74, 6) is 1.19. The molecule has 1 aromatic carbocycles. The third-order valence-electron chi connectivity index (χ3n) is 3.94. The Labute approximate surface area is 179 Å². The second-order valence-corrected chi connectivity index (χ2v) is 6.94. The summed E-state index contributed by atoms with van der Waals surface area (Å²) in [6, 6.07) is 7.90. The van der Waals surface area contributed by atoms with Crippen molar-refractivity contribution >= 4 is 29.0 Å². The predicted molar refractivity (Wildman–Crippen MR) is 121 cm³/mol. The van der Waals surface area contributed by atoms with E-state index in [1.54, 1.807) is 6.20 Å². The molecule has 0 fully saturated rings. The van der Waals surface area contributed by atoms with Crippen LogP contribution in [0.3, 0.4) is 0 Å². The molecule has 0 aliphatic heterocycles. The molecule has 0 aliphatic carbocycles. The monoisotopic (exact) mass is 423 g/mol. The lowest BCUT2D eigenvalue weighted by Crippen LogP contribution is -2.16. The fraction of sp³-hybridized carbons (Fsp3) is 0.409. The van der Waals surface area contributed by atoms with Crippen molar-refractivity contribution in [1.29, 1.82) is 0 Å². The summed E-state index contributed by atoms with van der Waals surface area (Å²) in [5, 5.41) is 17.6. The number of nitrogens with one attached hydrogen (secondary N) is 2. The van der Waals surface area contributed by atoms with Gasteiger partial charge in [0, 0.05) is 37.3 Å². The SMILES string of the molecule is CC.CC/C=C(/O)CCNCc1cc(NCc2ccc(Cl)c(C)c2)ncc1Cl. The van der Waals surface area contributed by atoms with E-state index in [0.29, 0.717) is 36.8 Å². The van der Waals surface area contributed by atoms with Gasteiger partial charge in [0.25, 0.3) is 0 Å². The average molecular weight is 424 g/mol. The van der Waals surface area contributed by atoms with Crippen molar-refractivity contribution in [2.24, 2.45) is 0 Å². The highest BCUT2D eigenvalue weighted by molar-refractivity contribution is 6.31. The molecular weight excluding hydrogens is 393 g/mol. The summed E-state index contributed by atoms with van der Waals surface area (Å²) in [5.41, 5.74) is 3.16. The Kier molecular flexibility index (Phi) is 11.7. The van der Waals surface area contributed by atoms with Gasteiger partial charge in [0.1, 0.15) is 5.82 Å². The van der Waals surface area contributed by atoms with Gasteiger partial charge in [0.2, 0.25) is 0 Å². The van der Waals surface area contributed by atoms with E-state index in [9.17, 15) is 5.11 Å². The van der Waals surface area contributed by atoms with E-state index in [1.165, 1.54) is 0 Å². The zero-order chi connectivity index (χ0) is 20.9. The molecule has 1 aromatic heterocycles. The first-order valence-corrected chi connectivity index (χ1v) is 10.5. The molecule has 0 amide bonds. The van der Waals surface area contributed by atoms with Crippen LogP contribution in [0, 0.1) is 6.92 Å². The lowest BCUT2D eigenvalue weighted by atomic mass is 10.1. The quantitative estimate of drug-likeness (QED) is 0.311. The molecule has 3 N–H and O–H groups in total. The van der Waals surface area contributed by atoms with Gasteiger partial charge in [-0.15, -0.1) is 0 Å². The van der Waals surface area contributed by atoms with Crippen LogP contribution in [-0.4, -0.2) is 16.6 Å². The Balaban J connectivity index is 0.00000190. The predicted octanol–water partition coefficient (Wildman–Crippen LogP) is 6.67. The molecule has 0 unspecified atom stereocenters. The first-order chi connectivity index (χ1) is 13.5. The first-order valence-electron chi connectivity index (χ1n) is 9.71. The molecule has 1 heterocycles. The Morgan fingerprint density at radius 3 is 2.57 bits per heavy atom. The minimum atomic E-state index is 0.418. The highest BCUT2D eigenvalue weighted by Gasteiger charge is 2.05. The number of halogens is 2. The number of aliphatic hydroxyl groups is 1. The maximum atomic E-state index is 9.63. The number of allylic oxidation sites excluding steroid dienone is 1. The second kappa shape index (κ2) is 13.4. The van der Waals surface area contributed by atoms with Crippen molar-refractivity contribution in [1.82, 2.24) is 10.3 Å². The summed E-state index contributed by atoms with van der Waals surface area (Å²) in [7, 11) is 0. The topological polar surface area (TPSA) is 57.2 Å². The van der Waals surface area contributed by atoms with Gasteiger partial charge in [-0.25, -0.2) is 4.98 Å². The molecule has 0 saturated heterocycles. The number of pyridine rings is 1. The number of aromatic nitrogens is 1. The molecule has 0 atom stereocenters. The molecule has 4 nitrogen and oxygen atoms in total. The average Bonchev–Trinajstić information content (AvgIpc) is 2.69. The summed E-state index contributed by atoms with van der Waals surface area (Å²) < 4.78 is 0. The summed E-state index contributed by atoms with van der Waals surface area (Å²) in [6.07, 6.45) is 4.92. The number of benzene rings is 1. The van der Waals surface area contributed by atoms with Gasteiger partial charge < -0.3 is 15.7 Å². The van der Waals surface area contributed by atoms with Crippen molar-refractivity contribution in [3.63, 3.8) is 0 Å². The van der Waals surface area contributed by atoms with Crippen molar-refractivity contribution < 1.29 is 5.11 Å². The van der Waals surface area contributed by atoms with Crippen molar-refractivity contribution in [3.05, 3.63) is 69.0 Å². The van der Waals surface area contributed by atoms with Crippen LogP contribution in [0.2, 0.25) is 10.0 Å². The highest BCUT2D eigenvalue weighted by atomic mass is 35.5. The highest BCUT2D eigenvalue weighted by Crippen LogP contribution is 2.20. The van der Waals surface area contributed by atoms with E-state index in [-0.39, 0.29) is 0 Å². The lowest BCUT2D eigenvalue weighted by molar-refractivity contribution is 0.381. The third kappa shape index (κ3) is 8.51. The Bertz CT molecular complexity index is 763. The number of hydrogen-bond acceptors (Lipinski definition) is 4. The molecule has 154 valence electrons.